The van der Waals surface area contributed by atoms with Crippen LogP contribution >= 0.6 is 0 Å². The molecule has 0 spiro atoms. The van der Waals surface area contributed by atoms with Gasteiger partial charge in [0.2, 0.25) is 0 Å². The van der Waals surface area contributed by atoms with Crippen LogP contribution in [0.2, 0.25) is 0 Å². The van der Waals surface area contributed by atoms with E-state index in [4.69, 9.17) is 9.47 Å². The number of hydrogen-bond donors (Lipinski definition) is 0. The third kappa shape index (κ3) is 4.71. The molecule has 4 nitrogen and oxygen atoms in total. The Labute approximate surface area is 166 Å². The lowest BCUT2D eigenvalue weighted by Gasteiger charge is -2.17. The van der Waals surface area contributed by atoms with Gasteiger partial charge >= 0.3 is 0 Å². The minimum atomic E-state index is 0.511. The number of aliphatic imine (C=N–C) groups is 1. The zero-order chi connectivity index (χ0) is 19.0. The van der Waals surface area contributed by atoms with Crippen molar-refractivity contribution in [3.8, 4) is 17.2 Å². The van der Waals surface area contributed by atoms with Crippen molar-refractivity contribution in [1.29, 1.82) is 0 Å². The highest BCUT2D eigenvalue weighted by molar-refractivity contribution is 5.57. The van der Waals surface area contributed by atoms with Crippen LogP contribution in [0.5, 0.6) is 17.2 Å². The predicted octanol–water partition coefficient (Wildman–Crippen LogP) is 4.94. The topological polar surface area (TPSA) is 34.1 Å². The summed E-state index contributed by atoms with van der Waals surface area (Å²) < 4.78 is 12.3. The summed E-state index contributed by atoms with van der Waals surface area (Å²) in [6, 6.07) is 26.2. The Morgan fingerprint density at radius 1 is 0.786 bits per heavy atom. The Bertz CT molecular complexity index is 925. The molecule has 3 aromatic rings. The molecule has 142 valence electrons. The van der Waals surface area contributed by atoms with Gasteiger partial charge in [0.25, 0.3) is 0 Å². The van der Waals surface area contributed by atoms with Crippen LogP contribution in [0, 0.1) is 0 Å². The van der Waals surface area contributed by atoms with Crippen molar-refractivity contribution in [2.24, 2.45) is 4.99 Å². The van der Waals surface area contributed by atoms with Gasteiger partial charge in [0.1, 0.15) is 12.4 Å². The van der Waals surface area contributed by atoms with Gasteiger partial charge in [0, 0.05) is 13.1 Å². The number of para-hydroxylation sites is 3. The average molecular weight is 372 g/mol. The van der Waals surface area contributed by atoms with Gasteiger partial charge in [-0.15, -0.1) is 0 Å². The molecule has 4 rings (SSSR count). The second-order valence-electron chi connectivity index (χ2n) is 6.74. The molecule has 0 N–H and O–H groups in total. The van der Waals surface area contributed by atoms with Gasteiger partial charge in [-0.2, -0.15) is 0 Å². The van der Waals surface area contributed by atoms with Gasteiger partial charge in [0.05, 0.1) is 12.9 Å². The third-order valence-electron chi connectivity index (χ3n) is 4.71. The maximum atomic E-state index is 6.27. The molecule has 0 aromatic heterocycles. The standard InChI is InChI=1S/C24H24N2O2/c1-2-8-20(9-3-1)18-27-23-12-6-7-13-24(23)28-22-11-5-4-10-21(22)14-16-26-17-15-25-19-26/h1-13,19H,14-18H2. The van der Waals surface area contributed by atoms with E-state index in [-0.39, 0.29) is 0 Å². The van der Waals surface area contributed by atoms with E-state index in [2.05, 4.69) is 34.2 Å². The van der Waals surface area contributed by atoms with Gasteiger partial charge in [-0.25, -0.2) is 0 Å². The molecule has 0 bridgehead atoms. The van der Waals surface area contributed by atoms with E-state index < -0.39 is 0 Å². The smallest absolute Gasteiger partial charge is 0.169 e. The van der Waals surface area contributed by atoms with Crippen molar-refractivity contribution in [3.63, 3.8) is 0 Å². The van der Waals surface area contributed by atoms with E-state index in [9.17, 15) is 0 Å². The Morgan fingerprint density at radius 3 is 2.29 bits per heavy atom. The summed E-state index contributed by atoms with van der Waals surface area (Å²) >= 11 is 0. The molecule has 0 unspecified atom stereocenters. The summed E-state index contributed by atoms with van der Waals surface area (Å²) in [5, 5.41) is 0. The van der Waals surface area contributed by atoms with Gasteiger partial charge in [-0.3, -0.25) is 4.99 Å². The van der Waals surface area contributed by atoms with Crippen LogP contribution in [0.4, 0.5) is 0 Å². The molecule has 0 saturated carbocycles. The molecule has 0 fully saturated rings. The van der Waals surface area contributed by atoms with Crippen molar-refractivity contribution in [2.45, 2.75) is 13.0 Å². The molecule has 0 amide bonds. The number of nitrogens with zero attached hydrogens (tertiary/aromatic N) is 2. The number of benzene rings is 3. The number of ether oxygens (including phenoxy) is 2. The first-order valence-electron chi connectivity index (χ1n) is 9.64. The minimum absolute atomic E-state index is 0.511. The fraction of sp³-hybridized carbons (Fsp3) is 0.208. The second kappa shape index (κ2) is 9.09. The normalized spacial score (nSPS) is 12.9. The summed E-state index contributed by atoms with van der Waals surface area (Å²) in [5.74, 6) is 2.34. The first-order valence-corrected chi connectivity index (χ1v) is 9.64. The molecule has 0 radical (unpaired) electrons. The Morgan fingerprint density at radius 2 is 1.50 bits per heavy atom. The van der Waals surface area contributed by atoms with Gasteiger partial charge in [0.15, 0.2) is 11.5 Å². The zero-order valence-corrected chi connectivity index (χ0v) is 15.8. The molecule has 1 aliphatic rings. The summed E-state index contributed by atoms with van der Waals surface area (Å²) in [7, 11) is 0. The van der Waals surface area contributed by atoms with Crippen molar-refractivity contribution in [1.82, 2.24) is 4.90 Å². The van der Waals surface area contributed by atoms with Crippen molar-refractivity contribution < 1.29 is 9.47 Å². The quantitative estimate of drug-likeness (QED) is 0.561. The molecular formula is C24H24N2O2. The molecule has 28 heavy (non-hydrogen) atoms. The average Bonchev–Trinajstić information content (AvgIpc) is 3.27. The first-order chi connectivity index (χ1) is 13.9. The summed E-state index contributed by atoms with van der Waals surface area (Å²) in [6.07, 6.45) is 2.85. The highest BCUT2D eigenvalue weighted by Crippen LogP contribution is 2.33. The molecule has 0 saturated heterocycles. The van der Waals surface area contributed by atoms with E-state index in [1.54, 1.807) is 0 Å². The fourth-order valence-corrected chi connectivity index (χ4v) is 3.17. The molecule has 4 heteroatoms. The minimum Gasteiger partial charge on any atom is -0.485 e. The Kier molecular flexibility index (Phi) is 5.88. The van der Waals surface area contributed by atoms with Crippen molar-refractivity contribution >= 4 is 6.34 Å². The monoisotopic (exact) mass is 372 g/mol. The van der Waals surface area contributed by atoms with Crippen molar-refractivity contribution in [2.75, 3.05) is 19.6 Å². The van der Waals surface area contributed by atoms with Crippen LogP contribution in [0.1, 0.15) is 11.1 Å². The molecular weight excluding hydrogens is 348 g/mol. The van der Waals surface area contributed by atoms with Crippen LogP contribution < -0.4 is 9.47 Å². The fourth-order valence-electron chi connectivity index (χ4n) is 3.17. The highest BCUT2D eigenvalue weighted by atomic mass is 16.5. The van der Waals surface area contributed by atoms with Gasteiger partial charge in [-0.1, -0.05) is 60.7 Å². The van der Waals surface area contributed by atoms with E-state index in [1.807, 2.05) is 60.9 Å². The van der Waals surface area contributed by atoms with Crippen LogP contribution in [-0.4, -0.2) is 30.9 Å². The second-order valence-corrected chi connectivity index (χ2v) is 6.74. The lowest BCUT2D eigenvalue weighted by molar-refractivity contribution is 0.291. The molecule has 1 heterocycles. The molecule has 3 aromatic carbocycles. The van der Waals surface area contributed by atoms with Crippen LogP contribution in [-0.2, 0) is 13.0 Å². The largest absolute Gasteiger partial charge is 0.485 e. The maximum absolute atomic E-state index is 6.27. The SMILES string of the molecule is C1=NCCN1CCc1ccccc1Oc1ccccc1OCc1ccccc1. The van der Waals surface area contributed by atoms with Crippen LogP contribution in [0.25, 0.3) is 0 Å². The zero-order valence-electron chi connectivity index (χ0n) is 15.8. The van der Waals surface area contributed by atoms with E-state index >= 15 is 0 Å². The number of hydrogen-bond acceptors (Lipinski definition) is 4. The van der Waals surface area contributed by atoms with Crippen molar-refractivity contribution in [3.05, 3.63) is 90.0 Å². The highest BCUT2D eigenvalue weighted by Gasteiger charge is 2.11. The van der Waals surface area contributed by atoms with Crippen LogP contribution in [0.15, 0.2) is 83.9 Å². The molecule has 1 aliphatic heterocycles. The Hall–Kier alpha value is -3.27. The summed E-state index contributed by atoms with van der Waals surface area (Å²) in [6.45, 7) is 3.34. The predicted molar refractivity (Wildman–Crippen MR) is 112 cm³/mol. The lowest BCUT2D eigenvalue weighted by atomic mass is 10.1. The van der Waals surface area contributed by atoms with Crippen LogP contribution in [0.3, 0.4) is 0 Å². The molecule has 0 aliphatic carbocycles. The Balaban J connectivity index is 1.46. The first kappa shape index (κ1) is 18.1. The van der Waals surface area contributed by atoms with Gasteiger partial charge in [-0.05, 0) is 35.7 Å². The van der Waals surface area contributed by atoms with Gasteiger partial charge < -0.3 is 14.4 Å². The van der Waals surface area contributed by atoms with E-state index in [0.717, 1.165) is 48.9 Å². The van der Waals surface area contributed by atoms with E-state index in [1.165, 1.54) is 5.56 Å². The maximum Gasteiger partial charge on any atom is 0.169 e. The third-order valence-corrected chi connectivity index (χ3v) is 4.71. The molecule has 0 atom stereocenters. The van der Waals surface area contributed by atoms with E-state index in [0.29, 0.717) is 6.61 Å². The number of rotatable bonds is 8. The summed E-state index contributed by atoms with van der Waals surface area (Å²) in [4.78, 5) is 6.52. The summed E-state index contributed by atoms with van der Waals surface area (Å²) in [5.41, 5.74) is 2.31. The lowest BCUT2D eigenvalue weighted by Crippen LogP contribution is -2.22.